The maximum Gasteiger partial charge on any atom is 0.573 e. The molecule has 8 heteroatoms. The molecule has 2 N–H and O–H groups in total. The van der Waals surface area contributed by atoms with E-state index in [4.69, 9.17) is 10.5 Å². The minimum absolute atomic E-state index is 0.336. The van der Waals surface area contributed by atoms with Gasteiger partial charge in [0.2, 0.25) is 0 Å². The Kier molecular flexibility index (Phi) is 4.48. The molecule has 1 amide bonds. The lowest BCUT2D eigenvalue weighted by Gasteiger charge is -2.34. The zero-order chi connectivity index (χ0) is 17.4. The van der Waals surface area contributed by atoms with E-state index in [2.05, 4.69) is 4.74 Å². The molecule has 1 unspecified atom stereocenters. The monoisotopic (exact) mass is 332 g/mol. The molecule has 23 heavy (non-hydrogen) atoms. The van der Waals surface area contributed by atoms with Crippen LogP contribution in [0.4, 0.5) is 23.7 Å². The molecule has 0 aromatic heterocycles. The van der Waals surface area contributed by atoms with Crippen molar-refractivity contribution in [3.8, 4) is 5.75 Å². The number of hydrogen-bond acceptors (Lipinski definition) is 4. The smallest absolute Gasteiger partial charge is 0.443 e. The topological polar surface area (TPSA) is 64.8 Å². The fourth-order valence-electron chi connectivity index (χ4n) is 2.32. The van der Waals surface area contributed by atoms with Gasteiger partial charge in [-0.15, -0.1) is 13.2 Å². The summed E-state index contributed by atoms with van der Waals surface area (Å²) in [5.41, 5.74) is 6.14. The summed E-state index contributed by atoms with van der Waals surface area (Å²) in [6.07, 6.45) is -4.92. The molecule has 0 bridgehead atoms. The summed E-state index contributed by atoms with van der Waals surface area (Å²) in [5, 5.41) is 0. The van der Waals surface area contributed by atoms with E-state index in [0.717, 1.165) is 6.07 Å². The molecule has 0 spiro atoms. The molecule has 2 rings (SSSR count). The van der Waals surface area contributed by atoms with Gasteiger partial charge in [0, 0.05) is 12.6 Å². The first kappa shape index (κ1) is 17.4. The van der Waals surface area contributed by atoms with Crippen LogP contribution >= 0.6 is 0 Å². The molecule has 1 aromatic carbocycles. The number of nitrogens with zero attached hydrogens (tertiary/aromatic N) is 1. The molecule has 1 aromatic rings. The summed E-state index contributed by atoms with van der Waals surface area (Å²) in [5.74, 6) is -0.363. The van der Waals surface area contributed by atoms with Crippen LogP contribution in [0.15, 0.2) is 18.2 Å². The van der Waals surface area contributed by atoms with Gasteiger partial charge in [-0.25, -0.2) is 4.79 Å². The highest BCUT2D eigenvalue weighted by Gasteiger charge is 2.34. The molecule has 128 valence electrons. The Hall–Kier alpha value is -1.96. The number of fused-ring (bicyclic) bond motifs is 1. The van der Waals surface area contributed by atoms with Gasteiger partial charge < -0.3 is 15.2 Å². The summed E-state index contributed by atoms with van der Waals surface area (Å²) in [7, 11) is 0. The van der Waals surface area contributed by atoms with E-state index in [1.165, 1.54) is 17.0 Å². The first-order valence-electron chi connectivity index (χ1n) is 7.12. The van der Waals surface area contributed by atoms with Crippen molar-refractivity contribution in [2.24, 2.45) is 5.73 Å². The van der Waals surface area contributed by atoms with Gasteiger partial charge in [0.05, 0.1) is 5.69 Å². The number of anilines is 1. The van der Waals surface area contributed by atoms with Crippen LogP contribution in [0.1, 0.15) is 38.8 Å². The van der Waals surface area contributed by atoms with Gasteiger partial charge in [0.25, 0.3) is 0 Å². The summed E-state index contributed by atoms with van der Waals surface area (Å²) in [6.45, 7) is 5.55. The van der Waals surface area contributed by atoms with E-state index in [1.807, 2.05) is 0 Å². The quantitative estimate of drug-likeness (QED) is 0.851. The zero-order valence-corrected chi connectivity index (χ0v) is 13.1. The van der Waals surface area contributed by atoms with Crippen molar-refractivity contribution < 1.29 is 27.4 Å². The van der Waals surface area contributed by atoms with Gasteiger partial charge in [-0.1, -0.05) is 0 Å². The lowest BCUT2D eigenvalue weighted by molar-refractivity contribution is -0.274. The van der Waals surface area contributed by atoms with Crippen LogP contribution in [0.25, 0.3) is 0 Å². The van der Waals surface area contributed by atoms with Gasteiger partial charge in [0.15, 0.2) is 0 Å². The average Bonchev–Trinajstić information content (AvgIpc) is 2.35. The molecule has 1 aliphatic rings. The number of carbonyl (C=O) groups is 1. The van der Waals surface area contributed by atoms with Crippen LogP contribution < -0.4 is 15.4 Å². The fraction of sp³-hybridized carbons (Fsp3) is 0.533. The Bertz CT molecular complexity index is 597. The van der Waals surface area contributed by atoms with Crippen molar-refractivity contribution in [3.05, 3.63) is 23.8 Å². The maximum atomic E-state index is 12.3. The van der Waals surface area contributed by atoms with Crippen molar-refractivity contribution in [2.75, 3.05) is 11.4 Å². The summed E-state index contributed by atoms with van der Waals surface area (Å²) in [6, 6.07) is 3.28. The molecular weight excluding hydrogens is 313 g/mol. The second-order valence-corrected chi connectivity index (χ2v) is 6.30. The summed E-state index contributed by atoms with van der Waals surface area (Å²) >= 11 is 0. The SMILES string of the molecule is CC(C)(C)OC(=O)N1CCC(N)c2cc(OC(F)(F)F)ccc21. The number of ether oxygens (including phenoxy) is 2. The third kappa shape index (κ3) is 4.51. The highest BCUT2D eigenvalue weighted by Crippen LogP contribution is 2.37. The van der Waals surface area contributed by atoms with Crippen LogP contribution in [0.2, 0.25) is 0 Å². The number of rotatable bonds is 1. The van der Waals surface area contributed by atoms with Crippen molar-refractivity contribution >= 4 is 11.8 Å². The van der Waals surface area contributed by atoms with Gasteiger partial charge in [0.1, 0.15) is 11.4 Å². The maximum absolute atomic E-state index is 12.3. The van der Waals surface area contributed by atoms with E-state index in [1.54, 1.807) is 20.8 Å². The lowest BCUT2D eigenvalue weighted by atomic mass is 9.97. The number of halogens is 3. The van der Waals surface area contributed by atoms with Crippen molar-refractivity contribution in [3.63, 3.8) is 0 Å². The number of nitrogens with two attached hydrogens (primary N) is 1. The molecule has 5 nitrogen and oxygen atoms in total. The largest absolute Gasteiger partial charge is 0.573 e. The zero-order valence-electron chi connectivity index (χ0n) is 13.1. The minimum atomic E-state index is -4.78. The first-order chi connectivity index (χ1) is 10.5. The lowest BCUT2D eigenvalue weighted by Crippen LogP contribution is -2.41. The highest BCUT2D eigenvalue weighted by atomic mass is 19.4. The van der Waals surface area contributed by atoms with Crippen LogP contribution in [-0.2, 0) is 4.74 Å². The van der Waals surface area contributed by atoms with Crippen LogP contribution in [0.3, 0.4) is 0 Å². The van der Waals surface area contributed by atoms with Crippen LogP contribution in [-0.4, -0.2) is 24.6 Å². The second-order valence-electron chi connectivity index (χ2n) is 6.30. The Morgan fingerprint density at radius 1 is 1.30 bits per heavy atom. The minimum Gasteiger partial charge on any atom is -0.443 e. The molecule has 0 fully saturated rings. The number of hydrogen-bond donors (Lipinski definition) is 1. The molecule has 0 saturated carbocycles. The molecule has 0 radical (unpaired) electrons. The van der Waals surface area contributed by atoms with Gasteiger partial charge in [-0.2, -0.15) is 0 Å². The second kappa shape index (κ2) is 5.92. The molecular formula is C15H19F3N2O3. The van der Waals surface area contributed by atoms with E-state index < -0.39 is 24.1 Å². The Morgan fingerprint density at radius 3 is 2.52 bits per heavy atom. The van der Waals surface area contributed by atoms with E-state index in [-0.39, 0.29) is 5.75 Å². The molecule has 1 atom stereocenters. The van der Waals surface area contributed by atoms with Gasteiger partial charge >= 0.3 is 12.5 Å². The predicted octanol–water partition coefficient (Wildman–Crippen LogP) is 3.73. The first-order valence-corrected chi connectivity index (χ1v) is 7.12. The molecule has 0 saturated heterocycles. The average molecular weight is 332 g/mol. The Morgan fingerprint density at radius 2 is 1.96 bits per heavy atom. The van der Waals surface area contributed by atoms with Crippen molar-refractivity contribution in [1.29, 1.82) is 0 Å². The van der Waals surface area contributed by atoms with Crippen LogP contribution in [0.5, 0.6) is 5.75 Å². The van der Waals surface area contributed by atoms with Gasteiger partial charge in [-0.3, -0.25) is 4.90 Å². The fourth-order valence-corrected chi connectivity index (χ4v) is 2.32. The molecule has 1 heterocycles. The number of benzene rings is 1. The van der Waals surface area contributed by atoms with E-state index in [9.17, 15) is 18.0 Å². The van der Waals surface area contributed by atoms with Crippen molar-refractivity contribution in [2.45, 2.75) is 45.2 Å². The van der Waals surface area contributed by atoms with E-state index >= 15 is 0 Å². The third-order valence-electron chi connectivity index (χ3n) is 3.20. The molecule has 0 aliphatic carbocycles. The summed E-state index contributed by atoms with van der Waals surface area (Å²) in [4.78, 5) is 13.6. The van der Waals surface area contributed by atoms with Gasteiger partial charge in [-0.05, 0) is 51.0 Å². The number of alkyl halides is 3. The summed E-state index contributed by atoms with van der Waals surface area (Å²) < 4.78 is 46.2. The standard InChI is InChI=1S/C15H19F3N2O3/c1-14(2,3)23-13(21)20-7-6-11(19)10-8-9(4-5-12(10)20)22-15(16,17)18/h4-5,8,11H,6-7,19H2,1-3H3. The van der Waals surface area contributed by atoms with Crippen molar-refractivity contribution in [1.82, 2.24) is 0 Å². The number of amides is 1. The number of carbonyl (C=O) groups excluding carboxylic acids is 1. The Balaban J connectivity index is 2.30. The van der Waals surface area contributed by atoms with Crippen LogP contribution in [0, 0.1) is 0 Å². The molecule has 1 aliphatic heterocycles. The third-order valence-corrected chi connectivity index (χ3v) is 3.20. The predicted molar refractivity (Wildman–Crippen MR) is 78.3 cm³/mol. The normalized spacial score (nSPS) is 18.4. The van der Waals surface area contributed by atoms with E-state index in [0.29, 0.717) is 24.2 Å². The highest BCUT2D eigenvalue weighted by molar-refractivity contribution is 5.89. The Labute approximate surface area is 132 Å².